The fourth-order valence-corrected chi connectivity index (χ4v) is 1.52. The summed E-state index contributed by atoms with van der Waals surface area (Å²) in [5.74, 6) is 0. The number of nitrogens with one attached hydrogen (secondary N) is 1. The monoisotopic (exact) mass is 195 g/mol. The Morgan fingerprint density at radius 3 is 1.92 bits per heavy atom. The van der Waals surface area contributed by atoms with Gasteiger partial charge >= 0.3 is 6.18 Å². The second-order valence-electron chi connectivity index (χ2n) is 3.74. The molecule has 0 bridgehead atoms. The minimum Gasteiger partial charge on any atom is -0.301 e. The molecule has 0 unspecified atom stereocenters. The third-order valence-electron chi connectivity index (χ3n) is 2.76. The summed E-state index contributed by atoms with van der Waals surface area (Å²) in [4.78, 5) is 0. The quantitative estimate of drug-likeness (QED) is 0.727. The number of halogens is 3. The van der Waals surface area contributed by atoms with E-state index in [0.29, 0.717) is 0 Å². The maximum atomic E-state index is 12.5. The predicted molar refractivity (Wildman–Crippen MR) is 45.5 cm³/mol. The van der Waals surface area contributed by atoms with E-state index < -0.39 is 11.7 Å². The van der Waals surface area contributed by atoms with Crippen LogP contribution in [0.4, 0.5) is 13.2 Å². The molecule has 4 heteroatoms. The van der Waals surface area contributed by atoms with Gasteiger partial charge in [0.05, 0.1) is 0 Å². The van der Waals surface area contributed by atoms with E-state index in [-0.39, 0.29) is 18.9 Å². The maximum absolute atomic E-state index is 12.5. The van der Waals surface area contributed by atoms with Crippen LogP contribution in [-0.4, -0.2) is 17.8 Å². The van der Waals surface area contributed by atoms with E-state index in [1.54, 1.807) is 0 Å². The maximum Gasteiger partial charge on any atom is 0.406 e. The van der Waals surface area contributed by atoms with Crippen molar-refractivity contribution in [1.82, 2.24) is 5.32 Å². The van der Waals surface area contributed by atoms with Crippen molar-refractivity contribution in [2.24, 2.45) is 0 Å². The summed E-state index contributed by atoms with van der Waals surface area (Å²) in [6.45, 7) is 3.82. The number of rotatable bonds is 4. The van der Waals surface area contributed by atoms with Crippen molar-refractivity contribution in [3.63, 3.8) is 0 Å². The van der Waals surface area contributed by atoms with Gasteiger partial charge in [-0.25, -0.2) is 0 Å². The molecule has 1 saturated carbocycles. The Morgan fingerprint density at radius 1 is 1.23 bits per heavy atom. The molecule has 0 amide bonds. The molecule has 1 fully saturated rings. The van der Waals surface area contributed by atoms with E-state index in [4.69, 9.17) is 0 Å². The zero-order valence-electron chi connectivity index (χ0n) is 8.04. The van der Waals surface area contributed by atoms with Gasteiger partial charge in [0.2, 0.25) is 0 Å². The minimum atomic E-state index is -4.07. The van der Waals surface area contributed by atoms with Gasteiger partial charge in [-0.05, 0) is 25.7 Å². The summed E-state index contributed by atoms with van der Waals surface area (Å²) in [5, 5.41) is 2.72. The SMILES string of the molecule is CCC(CC)NC1(C(F)(F)F)CC1. The molecule has 0 saturated heterocycles. The topological polar surface area (TPSA) is 12.0 Å². The minimum absolute atomic E-state index is 0.00382. The Labute approximate surface area is 76.7 Å². The first-order valence-electron chi connectivity index (χ1n) is 4.79. The molecule has 1 nitrogen and oxygen atoms in total. The van der Waals surface area contributed by atoms with Gasteiger partial charge in [0.15, 0.2) is 0 Å². The summed E-state index contributed by atoms with van der Waals surface area (Å²) in [6, 6.07) is 0.00382. The lowest BCUT2D eigenvalue weighted by atomic mass is 10.1. The summed E-state index contributed by atoms with van der Waals surface area (Å²) >= 11 is 0. The summed E-state index contributed by atoms with van der Waals surface area (Å²) < 4.78 is 37.4. The van der Waals surface area contributed by atoms with Crippen molar-refractivity contribution in [3.8, 4) is 0 Å². The van der Waals surface area contributed by atoms with Gasteiger partial charge in [0, 0.05) is 6.04 Å². The Balaban J connectivity index is 2.52. The fourth-order valence-electron chi connectivity index (χ4n) is 1.52. The number of alkyl halides is 3. The second kappa shape index (κ2) is 3.48. The molecule has 0 aliphatic heterocycles. The molecule has 0 spiro atoms. The average molecular weight is 195 g/mol. The highest BCUT2D eigenvalue weighted by atomic mass is 19.4. The van der Waals surface area contributed by atoms with Crippen LogP contribution in [0.3, 0.4) is 0 Å². The molecule has 78 valence electrons. The van der Waals surface area contributed by atoms with E-state index in [9.17, 15) is 13.2 Å². The van der Waals surface area contributed by atoms with Gasteiger partial charge in [-0.15, -0.1) is 0 Å². The van der Waals surface area contributed by atoms with Crippen molar-refractivity contribution in [2.75, 3.05) is 0 Å². The average Bonchev–Trinajstić information content (AvgIpc) is 2.79. The van der Waals surface area contributed by atoms with Crippen LogP contribution in [0.25, 0.3) is 0 Å². The fraction of sp³-hybridized carbons (Fsp3) is 1.00. The Bertz CT molecular complexity index is 168. The van der Waals surface area contributed by atoms with Crippen molar-refractivity contribution < 1.29 is 13.2 Å². The molecule has 1 N–H and O–H groups in total. The van der Waals surface area contributed by atoms with Gasteiger partial charge < -0.3 is 5.32 Å². The van der Waals surface area contributed by atoms with E-state index in [2.05, 4.69) is 5.32 Å². The first kappa shape index (κ1) is 10.8. The third kappa shape index (κ3) is 2.16. The van der Waals surface area contributed by atoms with Crippen LogP contribution < -0.4 is 5.32 Å². The van der Waals surface area contributed by atoms with Crippen molar-refractivity contribution in [3.05, 3.63) is 0 Å². The second-order valence-corrected chi connectivity index (χ2v) is 3.74. The number of hydrogen-bond donors (Lipinski definition) is 1. The summed E-state index contributed by atoms with van der Waals surface area (Å²) in [7, 11) is 0. The van der Waals surface area contributed by atoms with Gasteiger partial charge in [-0.3, -0.25) is 0 Å². The van der Waals surface area contributed by atoms with Crippen LogP contribution in [0.2, 0.25) is 0 Å². The Hall–Kier alpha value is -0.250. The van der Waals surface area contributed by atoms with Crippen LogP contribution in [-0.2, 0) is 0 Å². The van der Waals surface area contributed by atoms with E-state index in [1.165, 1.54) is 0 Å². The first-order chi connectivity index (χ1) is 5.95. The first-order valence-corrected chi connectivity index (χ1v) is 4.79. The van der Waals surface area contributed by atoms with Gasteiger partial charge in [-0.2, -0.15) is 13.2 Å². The smallest absolute Gasteiger partial charge is 0.301 e. The van der Waals surface area contributed by atoms with Crippen LogP contribution in [0.15, 0.2) is 0 Å². The molecule has 1 aliphatic carbocycles. The highest BCUT2D eigenvalue weighted by Gasteiger charge is 2.63. The van der Waals surface area contributed by atoms with Crippen molar-refractivity contribution in [1.29, 1.82) is 0 Å². The van der Waals surface area contributed by atoms with Crippen LogP contribution in [0, 0.1) is 0 Å². The lowest BCUT2D eigenvalue weighted by Gasteiger charge is -2.26. The van der Waals surface area contributed by atoms with E-state index >= 15 is 0 Å². The highest BCUT2D eigenvalue weighted by Crippen LogP contribution is 2.49. The zero-order chi connectivity index (χ0) is 10.1. The summed E-state index contributed by atoms with van der Waals surface area (Å²) in [6.07, 6.45) is -2.07. The standard InChI is InChI=1S/C9H16F3N/c1-3-7(4-2)13-8(5-6-8)9(10,11)12/h7,13H,3-6H2,1-2H3. The predicted octanol–water partition coefficient (Wildman–Crippen LogP) is 2.86. The van der Waals surface area contributed by atoms with Crippen molar-refractivity contribution in [2.45, 2.75) is 57.3 Å². The van der Waals surface area contributed by atoms with E-state index in [1.807, 2.05) is 13.8 Å². The zero-order valence-corrected chi connectivity index (χ0v) is 8.04. The number of hydrogen-bond acceptors (Lipinski definition) is 1. The Kier molecular flexibility index (Phi) is 2.90. The van der Waals surface area contributed by atoms with Gasteiger partial charge in [0.1, 0.15) is 5.54 Å². The lowest BCUT2D eigenvalue weighted by Crippen LogP contribution is -2.49. The molecule has 13 heavy (non-hydrogen) atoms. The third-order valence-corrected chi connectivity index (χ3v) is 2.76. The highest BCUT2D eigenvalue weighted by molar-refractivity contribution is 5.08. The Morgan fingerprint density at radius 2 is 1.69 bits per heavy atom. The van der Waals surface area contributed by atoms with Crippen molar-refractivity contribution >= 4 is 0 Å². The van der Waals surface area contributed by atoms with Crippen LogP contribution >= 0.6 is 0 Å². The van der Waals surface area contributed by atoms with E-state index in [0.717, 1.165) is 12.8 Å². The van der Waals surface area contributed by atoms with Gasteiger partial charge in [-0.1, -0.05) is 13.8 Å². The normalized spacial score (nSPS) is 20.8. The lowest BCUT2D eigenvalue weighted by molar-refractivity contribution is -0.168. The molecule has 0 aromatic rings. The van der Waals surface area contributed by atoms with Crippen LogP contribution in [0.1, 0.15) is 39.5 Å². The van der Waals surface area contributed by atoms with Gasteiger partial charge in [0.25, 0.3) is 0 Å². The van der Waals surface area contributed by atoms with Crippen LogP contribution in [0.5, 0.6) is 0 Å². The molecular weight excluding hydrogens is 179 g/mol. The molecule has 0 aromatic carbocycles. The largest absolute Gasteiger partial charge is 0.406 e. The molecule has 0 heterocycles. The molecule has 0 aromatic heterocycles. The molecule has 0 radical (unpaired) electrons. The molecule has 1 rings (SSSR count). The molecule has 0 atom stereocenters. The molecule has 1 aliphatic rings. The molecular formula is C9H16F3N. The summed E-state index contributed by atoms with van der Waals surface area (Å²) in [5.41, 5.74) is -1.54.